The van der Waals surface area contributed by atoms with E-state index in [1.54, 1.807) is 13.0 Å². The van der Waals surface area contributed by atoms with Gasteiger partial charge in [0.1, 0.15) is 24.0 Å². The van der Waals surface area contributed by atoms with Crippen molar-refractivity contribution >= 4 is 11.6 Å². The molecule has 4 nitrogen and oxygen atoms in total. The highest BCUT2D eigenvalue weighted by Crippen LogP contribution is 2.22. The normalized spacial score (nSPS) is 11.5. The Kier molecular flexibility index (Phi) is 6.71. The fourth-order valence-electron chi connectivity index (χ4n) is 1.90. The second kappa shape index (κ2) is 8.05. The van der Waals surface area contributed by atoms with Crippen LogP contribution < -0.4 is 10.2 Å². The van der Waals surface area contributed by atoms with E-state index in [4.69, 9.17) is 0 Å². The molecule has 7 heteroatoms. The Balaban J connectivity index is 3.03. The molecular weight excluding hydrogens is 281 g/mol. The topological polar surface area (TPSA) is 41.0 Å². The summed E-state index contributed by atoms with van der Waals surface area (Å²) in [7, 11) is 0. The fraction of sp³-hybridized carbons (Fsp3) is 0.714. The van der Waals surface area contributed by atoms with Crippen molar-refractivity contribution in [3.05, 3.63) is 11.9 Å². The largest absolute Gasteiger partial charge is 0.405 e. The smallest absolute Gasteiger partial charge is 0.370 e. The van der Waals surface area contributed by atoms with Gasteiger partial charge in [-0.05, 0) is 19.8 Å². The van der Waals surface area contributed by atoms with E-state index >= 15 is 0 Å². The molecule has 0 aliphatic heterocycles. The van der Waals surface area contributed by atoms with E-state index < -0.39 is 12.7 Å². The lowest BCUT2D eigenvalue weighted by molar-refractivity contribution is -0.119. The molecule has 1 heterocycles. The Bertz CT molecular complexity index is 435. The number of halogens is 3. The number of nitrogens with one attached hydrogen (secondary N) is 1. The summed E-state index contributed by atoms with van der Waals surface area (Å²) in [6.45, 7) is 5.67. The van der Waals surface area contributed by atoms with Crippen molar-refractivity contribution in [3.8, 4) is 0 Å². The van der Waals surface area contributed by atoms with Crippen molar-refractivity contribution in [1.29, 1.82) is 0 Å². The monoisotopic (exact) mass is 304 g/mol. The maximum Gasteiger partial charge on any atom is 0.405 e. The molecule has 0 bridgehead atoms. The van der Waals surface area contributed by atoms with E-state index in [-0.39, 0.29) is 6.54 Å². The zero-order chi connectivity index (χ0) is 15.9. The van der Waals surface area contributed by atoms with Crippen molar-refractivity contribution in [3.63, 3.8) is 0 Å². The van der Waals surface area contributed by atoms with Crippen molar-refractivity contribution < 1.29 is 13.2 Å². The maximum atomic E-state index is 12.6. The molecule has 1 N–H and O–H groups in total. The number of rotatable bonds is 8. The number of aromatic nitrogens is 2. The van der Waals surface area contributed by atoms with Crippen LogP contribution in [0.5, 0.6) is 0 Å². The Hall–Kier alpha value is -1.53. The second-order valence-electron chi connectivity index (χ2n) is 4.83. The lowest BCUT2D eigenvalue weighted by atomic mass is 10.3. The molecule has 0 radical (unpaired) electrons. The van der Waals surface area contributed by atoms with E-state index in [1.165, 1.54) is 4.90 Å². The summed E-state index contributed by atoms with van der Waals surface area (Å²) in [4.78, 5) is 9.83. The number of hydrogen-bond acceptors (Lipinski definition) is 4. The molecule has 0 spiro atoms. The first-order chi connectivity index (χ1) is 9.89. The third-order valence-corrected chi connectivity index (χ3v) is 2.86. The lowest BCUT2D eigenvalue weighted by Gasteiger charge is -2.24. The van der Waals surface area contributed by atoms with Gasteiger partial charge in [0.25, 0.3) is 0 Å². The minimum atomic E-state index is -4.25. The van der Waals surface area contributed by atoms with Crippen LogP contribution in [0.2, 0.25) is 0 Å². The lowest BCUT2D eigenvalue weighted by Crippen LogP contribution is -2.35. The summed E-state index contributed by atoms with van der Waals surface area (Å²) in [5, 5.41) is 3.12. The van der Waals surface area contributed by atoms with Crippen molar-refractivity contribution in [2.75, 3.05) is 29.9 Å². The second-order valence-corrected chi connectivity index (χ2v) is 4.83. The molecule has 1 aromatic heterocycles. The Morgan fingerprint density at radius 3 is 2.38 bits per heavy atom. The average Bonchev–Trinajstić information content (AvgIpc) is 2.41. The standard InChI is InChI=1S/C14H23F3N4/c1-4-7-11-19-12(18-8-5-2)9-13(20-11)21(6-3)10-14(15,16)17/h9H,4-8,10H2,1-3H3,(H,18,19,20). The van der Waals surface area contributed by atoms with E-state index in [0.717, 1.165) is 19.4 Å². The van der Waals surface area contributed by atoms with Crippen LogP contribution in [0.25, 0.3) is 0 Å². The molecule has 0 aromatic carbocycles. The molecular formula is C14H23F3N4. The van der Waals surface area contributed by atoms with Gasteiger partial charge in [0.15, 0.2) is 0 Å². The minimum Gasteiger partial charge on any atom is -0.370 e. The molecule has 0 aliphatic carbocycles. The van der Waals surface area contributed by atoms with Gasteiger partial charge < -0.3 is 10.2 Å². The first kappa shape index (κ1) is 17.5. The van der Waals surface area contributed by atoms with E-state index in [0.29, 0.717) is 23.9 Å². The van der Waals surface area contributed by atoms with Gasteiger partial charge in [-0.15, -0.1) is 0 Å². The predicted octanol–water partition coefficient (Wildman–Crippen LogP) is 3.64. The molecule has 0 saturated heterocycles. The van der Waals surface area contributed by atoms with Crippen molar-refractivity contribution in [2.45, 2.75) is 46.2 Å². The van der Waals surface area contributed by atoms with Crippen LogP contribution in [-0.4, -0.2) is 35.8 Å². The van der Waals surface area contributed by atoms with E-state index in [9.17, 15) is 13.2 Å². The Labute approximate surface area is 123 Å². The quantitative estimate of drug-likeness (QED) is 0.796. The molecule has 1 rings (SSSR count). The third-order valence-electron chi connectivity index (χ3n) is 2.86. The highest BCUT2D eigenvalue weighted by atomic mass is 19.4. The molecule has 0 fully saturated rings. The fourth-order valence-corrected chi connectivity index (χ4v) is 1.90. The SMILES string of the molecule is CCCNc1cc(N(CC)CC(F)(F)F)nc(CCC)n1. The summed E-state index contributed by atoms with van der Waals surface area (Å²) in [6, 6.07) is 1.59. The third kappa shape index (κ3) is 6.18. The molecule has 21 heavy (non-hydrogen) atoms. The van der Waals surface area contributed by atoms with Gasteiger partial charge in [0.2, 0.25) is 0 Å². The molecule has 0 saturated carbocycles. The van der Waals surface area contributed by atoms with Crippen LogP contribution in [0.1, 0.15) is 39.4 Å². The molecule has 0 aliphatic rings. The molecule has 0 atom stereocenters. The van der Waals surface area contributed by atoms with Crippen molar-refractivity contribution in [1.82, 2.24) is 9.97 Å². The Morgan fingerprint density at radius 2 is 1.86 bits per heavy atom. The van der Waals surface area contributed by atoms with Crippen LogP contribution in [0.15, 0.2) is 6.07 Å². The average molecular weight is 304 g/mol. The zero-order valence-electron chi connectivity index (χ0n) is 12.8. The number of hydrogen-bond donors (Lipinski definition) is 1. The molecule has 120 valence electrons. The van der Waals surface area contributed by atoms with Gasteiger partial charge >= 0.3 is 6.18 Å². The van der Waals surface area contributed by atoms with Gasteiger partial charge in [0, 0.05) is 25.6 Å². The highest BCUT2D eigenvalue weighted by molar-refractivity contribution is 5.49. The van der Waals surface area contributed by atoms with Gasteiger partial charge in [-0.3, -0.25) is 0 Å². The highest BCUT2D eigenvalue weighted by Gasteiger charge is 2.31. The zero-order valence-corrected chi connectivity index (χ0v) is 12.8. The van der Waals surface area contributed by atoms with Gasteiger partial charge in [0.05, 0.1) is 0 Å². The Morgan fingerprint density at radius 1 is 1.14 bits per heavy atom. The van der Waals surface area contributed by atoms with Crippen LogP contribution in [-0.2, 0) is 6.42 Å². The molecule has 0 amide bonds. The van der Waals surface area contributed by atoms with Gasteiger partial charge in [-0.2, -0.15) is 13.2 Å². The first-order valence-electron chi connectivity index (χ1n) is 7.33. The predicted molar refractivity (Wildman–Crippen MR) is 78.7 cm³/mol. The summed E-state index contributed by atoms with van der Waals surface area (Å²) < 4.78 is 37.9. The minimum absolute atomic E-state index is 0.245. The van der Waals surface area contributed by atoms with Gasteiger partial charge in [-0.1, -0.05) is 13.8 Å². The summed E-state index contributed by atoms with van der Waals surface area (Å²) >= 11 is 0. The number of alkyl halides is 3. The first-order valence-corrected chi connectivity index (χ1v) is 7.33. The number of anilines is 2. The van der Waals surface area contributed by atoms with Crippen LogP contribution in [0.3, 0.4) is 0 Å². The van der Waals surface area contributed by atoms with Gasteiger partial charge in [-0.25, -0.2) is 9.97 Å². The number of nitrogens with zero attached hydrogens (tertiary/aromatic N) is 3. The van der Waals surface area contributed by atoms with E-state index in [1.807, 2.05) is 13.8 Å². The summed E-state index contributed by atoms with van der Waals surface area (Å²) in [5.74, 6) is 1.49. The molecule has 1 aromatic rings. The van der Waals surface area contributed by atoms with Crippen molar-refractivity contribution in [2.24, 2.45) is 0 Å². The van der Waals surface area contributed by atoms with Crippen LogP contribution >= 0.6 is 0 Å². The maximum absolute atomic E-state index is 12.6. The molecule has 0 unspecified atom stereocenters. The summed E-state index contributed by atoms with van der Waals surface area (Å²) in [6.07, 6.45) is -1.83. The van der Waals surface area contributed by atoms with Crippen LogP contribution in [0, 0.1) is 0 Å². The van der Waals surface area contributed by atoms with Crippen LogP contribution in [0.4, 0.5) is 24.8 Å². The summed E-state index contributed by atoms with van der Waals surface area (Å²) in [5.41, 5.74) is 0. The van der Waals surface area contributed by atoms with E-state index in [2.05, 4.69) is 15.3 Å². The number of aryl methyl sites for hydroxylation is 1.